The molecule has 1 aliphatic heterocycles. The zero-order valence-corrected chi connectivity index (χ0v) is 23.8. The number of hydrogen-bond donors (Lipinski definition) is 3. The summed E-state index contributed by atoms with van der Waals surface area (Å²) >= 11 is 0. The van der Waals surface area contributed by atoms with Crippen LogP contribution < -0.4 is 9.80 Å². The molecule has 1 aromatic heterocycles. The average Bonchev–Trinajstić information content (AvgIpc) is 3.35. The third-order valence-corrected chi connectivity index (χ3v) is 7.80. The maximum atomic E-state index is 14.1. The first-order valence-electron chi connectivity index (χ1n) is 13.4. The molecule has 0 radical (unpaired) electrons. The Morgan fingerprint density at radius 3 is 2.09 bits per heavy atom. The van der Waals surface area contributed by atoms with Crippen molar-refractivity contribution >= 4 is 17.4 Å². The number of carbonyl (C=O) groups is 1. The fourth-order valence-corrected chi connectivity index (χ4v) is 5.35. The number of β-amino-alcohol motifs (C(OH)–C–C–N with tert-alkyl or cyclic N) is 1. The molecule has 1 amide bonds. The third-order valence-electron chi connectivity index (χ3n) is 7.80. The van der Waals surface area contributed by atoms with Crippen molar-refractivity contribution in [1.82, 2.24) is 4.98 Å². The van der Waals surface area contributed by atoms with Crippen LogP contribution >= 0.6 is 0 Å². The number of aliphatic hydroxyl groups excluding tert-OH is 3. The zero-order chi connectivity index (χ0) is 32.8. The van der Waals surface area contributed by atoms with E-state index in [2.05, 4.69) is 4.98 Å². The van der Waals surface area contributed by atoms with Gasteiger partial charge in [0.25, 0.3) is 0 Å². The number of aromatic nitrogens is 1. The smallest absolute Gasteiger partial charge is 0.394 e. The zero-order valence-electron chi connectivity index (χ0n) is 23.8. The SMILES string of the molecule is CN(C(=O)C(C)(C)c1cc(C(F)(F)F)cc(C(F)(F)F)c1)c1cnc(N2C[C@@H](O)C[C@H]2CO)cc1-c1ccc(F)cc1CO. The van der Waals surface area contributed by atoms with Crippen LogP contribution in [0, 0.1) is 5.82 Å². The average molecular weight is 630 g/mol. The lowest BCUT2D eigenvalue weighted by molar-refractivity contribution is -0.143. The summed E-state index contributed by atoms with van der Waals surface area (Å²) in [6.45, 7) is 1.58. The van der Waals surface area contributed by atoms with Gasteiger partial charge < -0.3 is 25.1 Å². The first-order valence-corrected chi connectivity index (χ1v) is 13.4. The maximum Gasteiger partial charge on any atom is 0.416 e. The number of benzene rings is 2. The summed E-state index contributed by atoms with van der Waals surface area (Å²) in [6, 6.07) is 5.51. The Morgan fingerprint density at radius 2 is 1.55 bits per heavy atom. The van der Waals surface area contributed by atoms with E-state index in [1.54, 1.807) is 4.90 Å². The van der Waals surface area contributed by atoms with E-state index < -0.39 is 64.9 Å². The highest BCUT2D eigenvalue weighted by atomic mass is 19.4. The number of halogens is 7. The Labute approximate surface area is 248 Å². The highest BCUT2D eigenvalue weighted by Gasteiger charge is 2.41. The quantitative estimate of drug-likeness (QED) is 0.308. The predicted molar refractivity (Wildman–Crippen MR) is 147 cm³/mol. The first kappa shape index (κ1) is 33.1. The van der Waals surface area contributed by atoms with Gasteiger partial charge in [-0.1, -0.05) is 6.07 Å². The van der Waals surface area contributed by atoms with Crippen molar-refractivity contribution in [3.8, 4) is 11.1 Å². The molecule has 0 spiro atoms. The van der Waals surface area contributed by atoms with Crippen LogP contribution in [0.1, 0.15) is 42.5 Å². The number of alkyl halides is 6. The molecule has 3 N–H and O–H groups in total. The normalized spacial score (nSPS) is 17.7. The van der Waals surface area contributed by atoms with Crippen LogP contribution in [-0.4, -0.2) is 58.6 Å². The van der Waals surface area contributed by atoms with Crippen molar-refractivity contribution in [3.63, 3.8) is 0 Å². The molecule has 2 aromatic carbocycles. The van der Waals surface area contributed by atoms with Gasteiger partial charge in [0.05, 0.1) is 53.8 Å². The number of pyridine rings is 1. The van der Waals surface area contributed by atoms with E-state index in [1.807, 2.05) is 0 Å². The largest absolute Gasteiger partial charge is 0.416 e. The number of nitrogens with zero attached hydrogens (tertiary/aromatic N) is 3. The van der Waals surface area contributed by atoms with Crippen LogP contribution in [0.25, 0.3) is 11.1 Å². The van der Waals surface area contributed by atoms with Crippen LogP contribution in [0.15, 0.2) is 48.7 Å². The minimum Gasteiger partial charge on any atom is -0.394 e. The van der Waals surface area contributed by atoms with Crippen molar-refractivity contribution in [1.29, 1.82) is 0 Å². The van der Waals surface area contributed by atoms with E-state index in [-0.39, 0.29) is 53.8 Å². The molecule has 2 atom stereocenters. The molecular weight excluding hydrogens is 599 g/mol. The minimum atomic E-state index is -5.12. The predicted octanol–water partition coefficient (Wildman–Crippen LogP) is 5.29. The van der Waals surface area contributed by atoms with Crippen LogP contribution in [-0.2, 0) is 29.2 Å². The van der Waals surface area contributed by atoms with Crippen LogP contribution in [0.3, 0.4) is 0 Å². The molecule has 0 bridgehead atoms. The van der Waals surface area contributed by atoms with Gasteiger partial charge >= 0.3 is 12.4 Å². The summed E-state index contributed by atoms with van der Waals surface area (Å²) in [5.41, 5.74) is -4.92. The first-order chi connectivity index (χ1) is 20.4. The van der Waals surface area contributed by atoms with Gasteiger partial charge in [-0.25, -0.2) is 9.37 Å². The number of rotatable bonds is 7. The van der Waals surface area contributed by atoms with E-state index >= 15 is 0 Å². The van der Waals surface area contributed by atoms with E-state index in [0.29, 0.717) is 12.1 Å². The van der Waals surface area contributed by atoms with Gasteiger partial charge in [0, 0.05) is 19.2 Å². The highest BCUT2D eigenvalue weighted by Crippen LogP contribution is 2.42. The molecular formula is C30H30F7N3O4. The fraction of sp³-hybridized carbons (Fsp3) is 0.400. The summed E-state index contributed by atoms with van der Waals surface area (Å²) in [5, 5.41) is 30.0. The van der Waals surface area contributed by atoms with Gasteiger partial charge in [-0.2, -0.15) is 26.3 Å². The summed E-state index contributed by atoms with van der Waals surface area (Å²) in [6.07, 6.45) is -9.51. The summed E-state index contributed by atoms with van der Waals surface area (Å²) < 4.78 is 95.5. The van der Waals surface area contributed by atoms with E-state index in [0.717, 1.165) is 17.0 Å². The third kappa shape index (κ3) is 6.52. The maximum absolute atomic E-state index is 14.1. The summed E-state index contributed by atoms with van der Waals surface area (Å²) in [4.78, 5) is 20.9. The van der Waals surface area contributed by atoms with E-state index in [1.165, 1.54) is 39.2 Å². The molecule has 0 unspecified atom stereocenters. The second-order valence-electron chi connectivity index (χ2n) is 11.2. The Hall–Kier alpha value is -3.75. The Kier molecular flexibility index (Phi) is 9.02. The minimum absolute atomic E-state index is 0.0194. The molecule has 7 nitrogen and oxygen atoms in total. The van der Waals surface area contributed by atoms with Gasteiger partial charge in [-0.3, -0.25) is 4.79 Å². The molecule has 1 aliphatic rings. The fourth-order valence-electron chi connectivity index (χ4n) is 5.35. The second-order valence-corrected chi connectivity index (χ2v) is 11.2. The molecule has 44 heavy (non-hydrogen) atoms. The van der Waals surface area contributed by atoms with Crippen molar-refractivity contribution in [3.05, 3.63) is 76.7 Å². The number of likely N-dealkylation sites (N-methyl/N-ethyl adjacent to an activating group) is 1. The monoisotopic (exact) mass is 629 g/mol. The molecule has 4 rings (SSSR count). The van der Waals surface area contributed by atoms with Gasteiger partial charge in [0.15, 0.2) is 0 Å². The number of anilines is 2. The Morgan fingerprint density at radius 1 is 0.955 bits per heavy atom. The molecule has 2 heterocycles. The molecule has 238 valence electrons. The van der Waals surface area contributed by atoms with Crippen molar-refractivity contribution in [2.45, 2.75) is 56.8 Å². The molecule has 0 saturated carbocycles. The Balaban J connectivity index is 1.86. The number of hydrogen-bond acceptors (Lipinski definition) is 6. The van der Waals surface area contributed by atoms with E-state index in [9.17, 15) is 50.8 Å². The van der Waals surface area contributed by atoms with E-state index in [4.69, 9.17) is 0 Å². The standard InChI is InChI=1S/C30H30F7N3O4/c1-28(2,17-7-18(29(32,33)34)9-19(8-17)30(35,36)37)27(44)39(3)25-12-38-26(40-13-22(43)10-21(40)15-42)11-24(25)23-5-4-20(31)6-16(23)14-41/h4-9,11-12,21-22,41-43H,10,13-15H2,1-3H3/t21-,22-/m0/s1. The molecule has 14 heteroatoms. The molecule has 1 saturated heterocycles. The number of amides is 1. The van der Waals surface area contributed by atoms with Crippen LogP contribution in [0.4, 0.5) is 42.2 Å². The lowest BCUT2D eigenvalue weighted by Gasteiger charge is -2.32. The lowest BCUT2D eigenvalue weighted by Crippen LogP contribution is -2.42. The summed E-state index contributed by atoms with van der Waals surface area (Å²) in [5.74, 6) is -1.29. The molecule has 1 fully saturated rings. The van der Waals surface area contributed by atoms with Gasteiger partial charge in [-0.05, 0) is 73.4 Å². The lowest BCUT2D eigenvalue weighted by atomic mass is 9.81. The van der Waals surface area contributed by atoms with Crippen molar-refractivity contribution in [2.24, 2.45) is 0 Å². The highest BCUT2D eigenvalue weighted by molar-refractivity contribution is 6.03. The molecule has 3 aromatic rings. The van der Waals surface area contributed by atoms with Gasteiger partial charge in [0.2, 0.25) is 5.91 Å². The van der Waals surface area contributed by atoms with Gasteiger partial charge in [-0.15, -0.1) is 0 Å². The van der Waals surface area contributed by atoms with Crippen molar-refractivity contribution in [2.75, 3.05) is 30.0 Å². The number of carbonyl (C=O) groups excluding carboxylic acids is 1. The summed E-state index contributed by atoms with van der Waals surface area (Å²) in [7, 11) is 1.26. The number of aliphatic hydroxyl groups is 3. The van der Waals surface area contributed by atoms with Crippen LogP contribution in [0.5, 0.6) is 0 Å². The van der Waals surface area contributed by atoms with Gasteiger partial charge in [0.1, 0.15) is 11.6 Å². The van der Waals surface area contributed by atoms with Crippen LogP contribution in [0.2, 0.25) is 0 Å². The topological polar surface area (TPSA) is 97.1 Å². The molecule has 0 aliphatic carbocycles. The Bertz CT molecular complexity index is 1510. The van der Waals surface area contributed by atoms with Crippen molar-refractivity contribution < 1.29 is 50.8 Å². The second kappa shape index (κ2) is 12.0.